The maximum atomic E-state index is 13.6. The fourth-order valence-corrected chi connectivity index (χ4v) is 5.08. The molecule has 2 aromatic carbocycles. The fourth-order valence-electron chi connectivity index (χ4n) is 5.08. The zero-order valence-corrected chi connectivity index (χ0v) is 19.7. The van der Waals surface area contributed by atoms with Crippen LogP contribution in [-0.2, 0) is 20.7 Å². The summed E-state index contributed by atoms with van der Waals surface area (Å²) in [6.07, 6.45) is 4.30. The molecule has 1 atom stereocenters. The first-order valence-corrected chi connectivity index (χ1v) is 12.2. The van der Waals surface area contributed by atoms with Gasteiger partial charge in [0, 0.05) is 18.2 Å². The van der Waals surface area contributed by atoms with Gasteiger partial charge in [0.2, 0.25) is 5.91 Å². The van der Waals surface area contributed by atoms with Crippen molar-refractivity contribution in [3.8, 4) is 0 Å². The Balaban J connectivity index is 1.54. The van der Waals surface area contributed by atoms with Crippen molar-refractivity contribution in [3.63, 3.8) is 0 Å². The van der Waals surface area contributed by atoms with Crippen LogP contribution < -0.4 is 11.1 Å². The van der Waals surface area contributed by atoms with Gasteiger partial charge in [0.15, 0.2) is 0 Å². The Bertz CT molecular complexity index is 1030. The molecule has 0 bridgehead atoms. The second-order valence-corrected chi connectivity index (χ2v) is 9.12. The van der Waals surface area contributed by atoms with Gasteiger partial charge in [-0.25, -0.2) is 4.79 Å². The lowest BCUT2D eigenvalue weighted by atomic mass is 9.80. The van der Waals surface area contributed by atoms with Gasteiger partial charge in [-0.15, -0.1) is 0 Å². The highest BCUT2D eigenvalue weighted by molar-refractivity contribution is 5.99. The third-order valence-electron chi connectivity index (χ3n) is 7.01. The fraction of sp³-hybridized carbons (Fsp3) is 0.444. The Kier molecular flexibility index (Phi) is 7.63. The van der Waals surface area contributed by atoms with E-state index in [-0.39, 0.29) is 17.7 Å². The molecule has 1 aliphatic carbocycles. The highest BCUT2D eigenvalue weighted by Gasteiger charge is 2.39. The van der Waals surface area contributed by atoms with Crippen molar-refractivity contribution in [1.29, 1.82) is 0 Å². The molecule has 0 saturated heterocycles. The van der Waals surface area contributed by atoms with Gasteiger partial charge in [0.1, 0.15) is 6.04 Å². The average Bonchev–Trinajstić information content (AvgIpc) is 2.88. The summed E-state index contributed by atoms with van der Waals surface area (Å²) in [7, 11) is 0. The Morgan fingerprint density at radius 1 is 1.03 bits per heavy atom. The molecule has 180 valence electrons. The van der Waals surface area contributed by atoms with Gasteiger partial charge in [-0.3, -0.25) is 9.59 Å². The molecule has 4 rings (SSSR count). The molecular weight excluding hydrogens is 430 g/mol. The highest BCUT2D eigenvalue weighted by atomic mass is 16.5. The van der Waals surface area contributed by atoms with E-state index in [1.165, 1.54) is 0 Å². The van der Waals surface area contributed by atoms with E-state index >= 15 is 0 Å². The molecule has 3 N–H and O–H groups in total. The van der Waals surface area contributed by atoms with E-state index in [0.717, 1.165) is 43.2 Å². The number of nitrogens with two attached hydrogens (primary N) is 1. The topological polar surface area (TPSA) is 102 Å². The van der Waals surface area contributed by atoms with Crippen LogP contribution in [-0.4, -0.2) is 42.4 Å². The van der Waals surface area contributed by atoms with Gasteiger partial charge in [-0.05, 0) is 86.9 Å². The minimum Gasteiger partial charge on any atom is -0.462 e. The molecule has 0 spiro atoms. The average molecular weight is 464 g/mol. The maximum absolute atomic E-state index is 13.6. The number of nitrogens with zero attached hydrogens (tertiary/aromatic N) is 1. The summed E-state index contributed by atoms with van der Waals surface area (Å²) < 4.78 is 5.02. The predicted molar refractivity (Wildman–Crippen MR) is 130 cm³/mol. The first-order valence-electron chi connectivity index (χ1n) is 12.2. The predicted octanol–water partition coefficient (Wildman–Crippen LogP) is 3.69. The largest absolute Gasteiger partial charge is 0.462 e. The highest BCUT2D eigenvalue weighted by Crippen LogP contribution is 2.36. The van der Waals surface area contributed by atoms with E-state index < -0.39 is 12.0 Å². The second kappa shape index (κ2) is 10.8. The number of nitrogens with one attached hydrogen (secondary N) is 1. The van der Waals surface area contributed by atoms with Crippen LogP contribution in [0, 0.1) is 11.8 Å². The second-order valence-electron chi connectivity index (χ2n) is 9.12. The Morgan fingerprint density at radius 3 is 2.41 bits per heavy atom. The monoisotopic (exact) mass is 463 g/mol. The lowest BCUT2D eigenvalue weighted by Crippen LogP contribution is -2.48. The molecular formula is C27H33N3O4. The molecule has 0 radical (unpaired) electrons. The quantitative estimate of drug-likeness (QED) is 0.636. The maximum Gasteiger partial charge on any atom is 0.338 e. The van der Waals surface area contributed by atoms with Crippen LogP contribution in [0.5, 0.6) is 0 Å². The first kappa shape index (κ1) is 24.0. The SMILES string of the molecule is CCOC(=O)c1ccc(NC(=O)[C@@H]2c3ccccc3CCN2C(=O)C2CCC(CN)CC2)cc1. The molecule has 0 aromatic heterocycles. The molecule has 0 unspecified atom stereocenters. The van der Waals surface area contributed by atoms with Crippen LogP contribution in [0.4, 0.5) is 5.69 Å². The van der Waals surface area contributed by atoms with Crippen molar-refractivity contribution < 1.29 is 19.1 Å². The van der Waals surface area contributed by atoms with Crippen LogP contribution in [0.25, 0.3) is 0 Å². The summed E-state index contributed by atoms with van der Waals surface area (Å²) in [6, 6.07) is 13.8. The number of hydrogen-bond acceptors (Lipinski definition) is 5. The molecule has 2 aromatic rings. The molecule has 34 heavy (non-hydrogen) atoms. The number of ether oxygens (including phenoxy) is 1. The van der Waals surface area contributed by atoms with Crippen molar-refractivity contribution in [2.45, 2.75) is 45.1 Å². The summed E-state index contributed by atoms with van der Waals surface area (Å²) in [5, 5.41) is 2.95. The zero-order chi connectivity index (χ0) is 24.1. The number of benzene rings is 2. The minimum absolute atomic E-state index is 0.0581. The van der Waals surface area contributed by atoms with Crippen molar-refractivity contribution in [2.24, 2.45) is 17.6 Å². The van der Waals surface area contributed by atoms with Crippen LogP contribution in [0.3, 0.4) is 0 Å². The molecule has 1 aliphatic heterocycles. The smallest absolute Gasteiger partial charge is 0.338 e. The molecule has 1 fully saturated rings. The number of fused-ring (bicyclic) bond motifs is 1. The van der Waals surface area contributed by atoms with Crippen LogP contribution in [0.15, 0.2) is 48.5 Å². The van der Waals surface area contributed by atoms with Crippen LogP contribution in [0.2, 0.25) is 0 Å². The molecule has 7 nitrogen and oxygen atoms in total. The van der Waals surface area contributed by atoms with Crippen molar-refractivity contribution in [3.05, 3.63) is 65.2 Å². The van der Waals surface area contributed by atoms with Gasteiger partial charge in [0.05, 0.1) is 12.2 Å². The Hall–Kier alpha value is -3.19. The minimum atomic E-state index is -0.686. The van der Waals surface area contributed by atoms with Gasteiger partial charge >= 0.3 is 5.97 Å². The number of amides is 2. The van der Waals surface area contributed by atoms with Crippen molar-refractivity contribution in [2.75, 3.05) is 25.0 Å². The van der Waals surface area contributed by atoms with E-state index in [0.29, 0.717) is 36.9 Å². The Labute approximate surface area is 200 Å². The molecule has 7 heteroatoms. The summed E-state index contributed by atoms with van der Waals surface area (Å²) in [5.41, 5.74) is 8.78. The van der Waals surface area contributed by atoms with Gasteiger partial charge in [-0.1, -0.05) is 24.3 Å². The van der Waals surface area contributed by atoms with E-state index in [1.807, 2.05) is 24.3 Å². The molecule has 2 aliphatic rings. The van der Waals surface area contributed by atoms with Gasteiger partial charge < -0.3 is 20.7 Å². The molecule has 1 saturated carbocycles. The molecule has 2 amide bonds. The number of carbonyl (C=O) groups is 3. The summed E-state index contributed by atoms with van der Waals surface area (Å²) >= 11 is 0. The lowest BCUT2D eigenvalue weighted by Gasteiger charge is -2.39. The number of rotatable bonds is 6. The van der Waals surface area contributed by atoms with E-state index in [4.69, 9.17) is 10.5 Å². The Morgan fingerprint density at radius 2 is 1.74 bits per heavy atom. The molecule has 1 heterocycles. The summed E-state index contributed by atoms with van der Waals surface area (Å²) in [6.45, 7) is 3.24. The van der Waals surface area contributed by atoms with Gasteiger partial charge in [-0.2, -0.15) is 0 Å². The normalized spacial score (nSPS) is 21.9. The van der Waals surface area contributed by atoms with Crippen molar-refractivity contribution >= 4 is 23.5 Å². The summed E-state index contributed by atoms with van der Waals surface area (Å²) in [5.74, 6) is -0.166. The standard InChI is InChI=1S/C27H33N3O4/c1-2-34-27(33)21-11-13-22(14-12-21)29-25(31)24-23-6-4-3-5-19(23)15-16-30(24)26(32)20-9-7-18(17-28)8-10-20/h3-6,11-14,18,20,24H,2,7-10,15-17,28H2,1H3,(H,29,31)/t18?,20?,24-/m0/s1. The number of anilines is 1. The summed E-state index contributed by atoms with van der Waals surface area (Å²) in [4.78, 5) is 40.8. The number of carbonyl (C=O) groups excluding carboxylic acids is 3. The first-order chi connectivity index (χ1) is 16.5. The lowest BCUT2D eigenvalue weighted by molar-refractivity contribution is -0.144. The third kappa shape index (κ3) is 5.14. The van der Waals surface area contributed by atoms with Crippen LogP contribution >= 0.6 is 0 Å². The van der Waals surface area contributed by atoms with E-state index in [9.17, 15) is 14.4 Å². The van der Waals surface area contributed by atoms with Crippen LogP contribution in [0.1, 0.15) is 60.1 Å². The van der Waals surface area contributed by atoms with Crippen molar-refractivity contribution in [1.82, 2.24) is 4.90 Å². The van der Waals surface area contributed by atoms with Gasteiger partial charge in [0.25, 0.3) is 5.91 Å². The number of esters is 1. The number of hydrogen-bond donors (Lipinski definition) is 2. The third-order valence-corrected chi connectivity index (χ3v) is 7.01. The zero-order valence-electron chi connectivity index (χ0n) is 19.7. The van der Waals surface area contributed by atoms with E-state index in [1.54, 1.807) is 36.1 Å². The van der Waals surface area contributed by atoms with E-state index in [2.05, 4.69) is 5.32 Å².